The second-order valence-electron chi connectivity index (χ2n) is 20.1. The molecular weight excluding hydrogens is 785 g/mol. The first-order chi connectivity index (χ1) is 31.4. The van der Waals surface area contributed by atoms with Crippen LogP contribution in [-0.2, 0) is 19.1 Å². The second-order valence-corrected chi connectivity index (χ2v) is 20.1. The van der Waals surface area contributed by atoms with Crippen LogP contribution in [0.25, 0.3) is 0 Å². The largest absolute Gasteiger partial charge is 0.459 e. The minimum Gasteiger partial charge on any atom is -0.459 e. The van der Waals surface area contributed by atoms with E-state index in [4.69, 9.17) is 0 Å². The van der Waals surface area contributed by atoms with Crippen molar-refractivity contribution in [3.8, 4) is 0 Å². The lowest BCUT2D eigenvalue weighted by atomic mass is 10.0. The van der Waals surface area contributed by atoms with E-state index in [1.807, 2.05) is 0 Å². The fourth-order valence-corrected chi connectivity index (χ4v) is 8.79. The highest BCUT2D eigenvalue weighted by Crippen LogP contribution is 2.18. The first kappa shape index (κ1) is 64.5. The van der Waals surface area contributed by atoms with Gasteiger partial charge in [0.15, 0.2) is 0 Å². The summed E-state index contributed by atoms with van der Waals surface area (Å²) >= 11 is 0. The van der Waals surface area contributed by atoms with Crippen molar-refractivity contribution in [1.82, 2.24) is 0 Å². The van der Waals surface area contributed by atoms with Crippen LogP contribution in [0.4, 0.5) is 0 Å². The van der Waals surface area contributed by atoms with Gasteiger partial charge in [0.25, 0.3) is 0 Å². The number of carbonyl (C=O) groups excluding carboxylic acids is 2. The number of unbranched alkanes of at least 4 members (excludes halogenated alkanes) is 47. The molecule has 0 saturated heterocycles. The van der Waals surface area contributed by atoms with Gasteiger partial charge in [-0.3, -0.25) is 0 Å². The molecule has 0 rings (SSSR count). The van der Waals surface area contributed by atoms with Crippen molar-refractivity contribution in [2.75, 3.05) is 13.2 Å². The van der Waals surface area contributed by atoms with Crippen molar-refractivity contribution < 1.29 is 19.1 Å². The minimum absolute atomic E-state index is 0.0325. The molecule has 0 spiro atoms. The maximum Gasteiger partial charge on any atom is 0.333 e. The van der Waals surface area contributed by atoms with Gasteiger partial charge in [0.2, 0.25) is 0 Å². The van der Waals surface area contributed by atoms with Crippen LogP contribution in [-0.4, -0.2) is 25.2 Å². The molecule has 0 N–H and O–H groups in total. The Morgan fingerprint density at radius 3 is 0.453 bits per heavy atom. The molecule has 0 aromatic heterocycles. The molecule has 0 aromatic carbocycles. The fraction of sp³-hybridized carbons (Fsp3) is 0.900. The van der Waals surface area contributed by atoms with Gasteiger partial charge in [-0.2, -0.15) is 0 Å². The van der Waals surface area contributed by atoms with Crippen molar-refractivity contribution >= 4 is 11.9 Å². The molecule has 0 unspecified atom stereocenters. The maximum atomic E-state index is 10.8. The zero-order valence-electron chi connectivity index (χ0n) is 44.4. The van der Waals surface area contributed by atoms with E-state index < -0.39 is 11.9 Å². The maximum absolute atomic E-state index is 10.8. The molecule has 0 bridgehead atoms. The Balaban J connectivity index is 0. The van der Waals surface area contributed by atoms with Crippen molar-refractivity contribution in [2.45, 2.75) is 336 Å². The van der Waals surface area contributed by atoms with Gasteiger partial charge in [-0.25, -0.2) is 9.59 Å². The summed E-state index contributed by atoms with van der Waals surface area (Å²) in [6.07, 6.45) is 71.4. The summed E-state index contributed by atoms with van der Waals surface area (Å²) in [4.78, 5) is 21.7. The standard InChI is InChI=1S/C50H102.C10H14O4/c1-3-5-7-9-11-13-15-17-19-21-23-25-27-29-31-33-35-37-39-41-43-45-47-49-50-48-46-44-42-40-38-36-34-32-30-28-26-24-22-20-18-16-14-12-10-8-6-4-2;1-7(2)9(11)13-5-6-14-10(12)8(3)4/h3-50H2,1-2H3;1,3,5-6H2,2,4H3. The third kappa shape index (κ3) is 58.4. The van der Waals surface area contributed by atoms with Gasteiger partial charge < -0.3 is 9.47 Å². The zero-order valence-corrected chi connectivity index (χ0v) is 44.4. The predicted molar refractivity (Wildman–Crippen MR) is 285 cm³/mol. The highest BCUT2D eigenvalue weighted by molar-refractivity contribution is 5.87. The van der Waals surface area contributed by atoms with E-state index in [-0.39, 0.29) is 13.2 Å². The Bertz CT molecular complexity index is 879. The van der Waals surface area contributed by atoms with E-state index >= 15 is 0 Å². The summed E-state index contributed by atoms with van der Waals surface area (Å²) in [5, 5.41) is 0. The monoisotopic (exact) mass is 901 g/mol. The van der Waals surface area contributed by atoms with Crippen LogP contribution in [0.1, 0.15) is 336 Å². The lowest BCUT2D eigenvalue weighted by molar-refractivity contribution is -0.147. The van der Waals surface area contributed by atoms with Crippen molar-refractivity contribution in [1.29, 1.82) is 0 Å². The van der Waals surface area contributed by atoms with Crippen LogP contribution in [0, 0.1) is 0 Å². The van der Waals surface area contributed by atoms with Gasteiger partial charge in [-0.1, -0.05) is 335 Å². The van der Waals surface area contributed by atoms with Crippen molar-refractivity contribution in [3.05, 3.63) is 24.3 Å². The van der Waals surface area contributed by atoms with Crippen molar-refractivity contribution in [2.24, 2.45) is 0 Å². The summed E-state index contributed by atoms with van der Waals surface area (Å²) in [7, 11) is 0. The third-order valence-electron chi connectivity index (χ3n) is 13.2. The van der Waals surface area contributed by atoms with Crippen molar-refractivity contribution in [3.63, 3.8) is 0 Å². The molecule has 64 heavy (non-hydrogen) atoms. The second kappa shape index (κ2) is 57.5. The molecule has 0 aromatic rings. The first-order valence-electron chi connectivity index (χ1n) is 29.0. The van der Waals surface area contributed by atoms with Gasteiger partial charge in [-0.05, 0) is 13.8 Å². The van der Waals surface area contributed by atoms with E-state index in [1.165, 1.54) is 308 Å². The molecule has 0 saturated carbocycles. The summed E-state index contributed by atoms with van der Waals surface area (Å²) in [5.41, 5.74) is 0.632. The molecule has 0 atom stereocenters. The lowest BCUT2D eigenvalue weighted by Gasteiger charge is -2.05. The lowest BCUT2D eigenvalue weighted by Crippen LogP contribution is -2.14. The summed E-state index contributed by atoms with van der Waals surface area (Å²) < 4.78 is 9.38. The van der Waals surface area contributed by atoms with Gasteiger partial charge in [0.05, 0.1) is 0 Å². The minimum atomic E-state index is -0.489. The van der Waals surface area contributed by atoms with Crippen LogP contribution in [0.2, 0.25) is 0 Å². The number of ether oxygens (including phenoxy) is 2. The molecule has 0 aliphatic rings. The van der Waals surface area contributed by atoms with Gasteiger partial charge >= 0.3 is 11.9 Å². The molecule has 0 radical (unpaired) electrons. The highest BCUT2D eigenvalue weighted by Gasteiger charge is 2.05. The molecule has 380 valence electrons. The van der Waals surface area contributed by atoms with Gasteiger partial charge in [-0.15, -0.1) is 0 Å². The zero-order chi connectivity index (χ0) is 47.1. The predicted octanol–water partition coefficient (Wildman–Crippen LogP) is 21.0. The fourth-order valence-electron chi connectivity index (χ4n) is 8.79. The SMILES string of the molecule is C=C(C)C(=O)OCCOC(=O)C(=C)C.CCCCCCCCCCCCCCCCCCCCCCCCCCCCCCCCCCCCCCCCCCCCCCCCCC. The number of hydrogen-bond acceptors (Lipinski definition) is 4. The molecule has 0 amide bonds. The van der Waals surface area contributed by atoms with Crippen LogP contribution in [0.5, 0.6) is 0 Å². The van der Waals surface area contributed by atoms with E-state index in [2.05, 4.69) is 36.5 Å². The van der Waals surface area contributed by atoms with Crippen LogP contribution in [0.3, 0.4) is 0 Å². The van der Waals surface area contributed by atoms with E-state index in [0.29, 0.717) is 11.1 Å². The van der Waals surface area contributed by atoms with Gasteiger partial charge in [0, 0.05) is 11.1 Å². The number of carbonyl (C=O) groups is 2. The molecule has 0 heterocycles. The van der Waals surface area contributed by atoms with Crippen LogP contribution >= 0.6 is 0 Å². The number of hydrogen-bond donors (Lipinski definition) is 0. The Morgan fingerprint density at radius 2 is 0.359 bits per heavy atom. The number of esters is 2. The van der Waals surface area contributed by atoms with E-state index in [1.54, 1.807) is 13.8 Å². The molecule has 0 fully saturated rings. The highest BCUT2D eigenvalue weighted by atomic mass is 16.6. The smallest absolute Gasteiger partial charge is 0.333 e. The third-order valence-corrected chi connectivity index (χ3v) is 13.2. The molecule has 4 nitrogen and oxygen atoms in total. The average molecular weight is 902 g/mol. The molecule has 0 aliphatic carbocycles. The molecule has 0 aliphatic heterocycles. The summed E-state index contributed by atoms with van der Waals surface area (Å²) in [6.45, 7) is 14.6. The summed E-state index contributed by atoms with van der Waals surface area (Å²) in [6, 6.07) is 0. The summed E-state index contributed by atoms with van der Waals surface area (Å²) in [5.74, 6) is -0.979. The molecule has 4 heteroatoms. The quantitative estimate of drug-likeness (QED) is 0.0347. The van der Waals surface area contributed by atoms with Crippen LogP contribution in [0.15, 0.2) is 24.3 Å². The Morgan fingerprint density at radius 1 is 0.250 bits per heavy atom. The van der Waals surface area contributed by atoms with Crippen LogP contribution < -0.4 is 0 Å². The normalized spacial score (nSPS) is 11.1. The Kier molecular flexibility index (Phi) is 58.0. The molecular formula is C60H116O4. The number of rotatable bonds is 52. The average Bonchev–Trinajstić information content (AvgIpc) is 3.29. The van der Waals surface area contributed by atoms with E-state index in [9.17, 15) is 9.59 Å². The first-order valence-corrected chi connectivity index (χ1v) is 29.0. The topological polar surface area (TPSA) is 52.6 Å². The van der Waals surface area contributed by atoms with E-state index in [0.717, 1.165) is 0 Å². The Labute approximate surface area is 402 Å². The van der Waals surface area contributed by atoms with Gasteiger partial charge in [0.1, 0.15) is 13.2 Å². The Hall–Kier alpha value is -1.58.